The molecule has 3 aromatic carbocycles. The van der Waals surface area contributed by atoms with Gasteiger partial charge in [-0.1, -0.05) is 48.5 Å². The molecular weight excluding hydrogens is 323 g/mol. The predicted molar refractivity (Wildman–Crippen MR) is 106 cm³/mol. The van der Waals surface area contributed by atoms with Crippen LogP contribution in [0.2, 0.25) is 0 Å². The zero-order chi connectivity index (χ0) is 17.8. The lowest BCUT2D eigenvalue weighted by Crippen LogP contribution is -2.45. The van der Waals surface area contributed by atoms with Crippen LogP contribution in [-0.4, -0.2) is 31.1 Å². The Kier molecular flexibility index (Phi) is 4.98. The summed E-state index contributed by atoms with van der Waals surface area (Å²) in [6, 6.07) is 26.1. The average Bonchev–Trinajstić information content (AvgIpc) is 2.70. The quantitative estimate of drug-likeness (QED) is 0.668. The van der Waals surface area contributed by atoms with Crippen molar-refractivity contribution in [3.05, 3.63) is 90.2 Å². The second kappa shape index (κ2) is 7.71. The highest BCUT2D eigenvalue weighted by Gasteiger charge is 2.17. The van der Waals surface area contributed by atoms with Gasteiger partial charge in [-0.05, 0) is 47.0 Å². The van der Waals surface area contributed by atoms with Crippen molar-refractivity contribution in [2.75, 3.05) is 31.1 Å². The average molecular weight is 346 g/mol. The molecule has 4 rings (SSSR count). The van der Waals surface area contributed by atoms with Crippen molar-refractivity contribution in [1.82, 2.24) is 4.90 Å². The normalized spacial score (nSPS) is 15.2. The minimum absolute atomic E-state index is 0.175. The molecule has 1 aliphatic rings. The Morgan fingerprint density at radius 1 is 0.692 bits per heavy atom. The lowest BCUT2D eigenvalue weighted by atomic mass is 10.0. The van der Waals surface area contributed by atoms with E-state index in [-0.39, 0.29) is 5.82 Å². The SMILES string of the molecule is Fc1ccc(N2CCN(Cc3cccc(-c4ccccc4)c3)CC2)cc1. The summed E-state index contributed by atoms with van der Waals surface area (Å²) in [5, 5.41) is 0. The monoisotopic (exact) mass is 346 g/mol. The van der Waals surface area contributed by atoms with E-state index in [1.165, 1.54) is 28.8 Å². The molecule has 0 aromatic heterocycles. The first-order valence-electron chi connectivity index (χ1n) is 9.15. The number of hydrogen-bond donors (Lipinski definition) is 0. The van der Waals surface area contributed by atoms with Crippen LogP contribution in [0.5, 0.6) is 0 Å². The van der Waals surface area contributed by atoms with Crippen LogP contribution in [-0.2, 0) is 6.54 Å². The first-order valence-corrected chi connectivity index (χ1v) is 9.15. The summed E-state index contributed by atoms with van der Waals surface area (Å²) in [5.74, 6) is -0.175. The van der Waals surface area contributed by atoms with E-state index in [1.54, 1.807) is 0 Å². The van der Waals surface area contributed by atoms with Crippen molar-refractivity contribution in [2.45, 2.75) is 6.54 Å². The van der Waals surface area contributed by atoms with Crippen LogP contribution in [0.3, 0.4) is 0 Å². The van der Waals surface area contributed by atoms with E-state index >= 15 is 0 Å². The van der Waals surface area contributed by atoms with Gasteiger partial charge in [0.25, 0.3) is 0 Å². The third-order valence-electron chi connectivity index (χ3n) is 5.00. The topological polar surface area (TPSA) is 6.48 Å². The maximum Gasteiger partial charge on any atom is 0.123 e. The molecule has 132 valence electrons. The Morgan fingerprint density at radius 3 is 2.12 bits per heavy atom. The molecule has 0 saturated carbocycles. The zero-order valence-corrected chi connectivity index (χ0v) is 14.8. The summed E-state index contributed by atoms with van der Waals surface area (Å²) in [4.78, 5) is 4.82. The van der Waals surface area contributed by atoms with Crippen molar-refractivity contribution in [2.24, 2.45) is 0 Å². The van der Waals surface area contributed by atoms with E-state index < -0.39 is 0 Å². The Balaban J connectivity index is 1.38. The highest BCUT2D eigenvalue weighted by atomic mass is 19.1. The van der Waals surface area contributed by atoms with Gasteiger partial charge in [-0.15, -0.1) is 0 Å². The highest BCUT2D eigenvalue weighted by molar-refractivity contribution is 5.63. The summed E-state index contributed by atoms with van der Waals surface area (Å²) in [6.45, 7) is 4.96. The van der Waals surface area contributed by atoms with Crippen LogP contribution in [0.1, 0.15) is 5.56 Å². The van der Waals surface area contributed by atoms with Gasteiger partial charge in [0, 0.05) is 38.4 Å². The molecule has 1 aliphatic heterocycles. The minimum Gasteiger partial charge on any atom is -0.369 e. The van der Waals surface area contributed by atoms with Gasteiger partial charge in [-0.2, -0.15) is 0 Å². The molecule has 0 N–H and O–H groups in total. The second-order valence-corrected chi connectivity index (χ2v) is 6.81. The molecule has 1 saturated heterocycles. The predicted octanol–water partition coefficient (Wildman–Crippen LogP) is 4.81. The molecule has 0 aliphatic carbocycles. The number of benzene rings is 3. The minimum atomic E-state index is -0.175. The van der Waals surface area contributed by atoms with Crippen LogP contribution in [0, 0.1) is 5.82 Å². The summed E-state index contributed by atoms with van der Waals surface area (Å²) < 4.78 is 13.1. The van der Waals surface area contributed by atoms with E-state index in [4.69, 9.17) is 0 Å². The van der Waals surface area contributed by atoms with Crippen LogP contribution in [0.25, 0.3) is 11.1 Å². The largest absolute Gasteiger partial charge is 0.369 e. The molecule has 3 heteroatoms. The molecule has 0 bridgehead atoms. The van der Waals surface area contributed by atoms with Crippen LogP contribution >= 0.6 is 0 Å². The first-order chi connectivity index (χ1) is 12.8. The highest BCUT2D eigenvalue weighted by Crippen LogP contribution is 2.22. The van der Waals surface area contributed by atoms with Crippen molar-refractivity contribution >= 4 is 5.69 Å². The molecule has 0 atom stereocenters. The molecule has 0 amide bonds. The van der Waals surface area contributed by atoms with Gasteiger partial charge in [-0.3, -0.25) is 4.90 Å². The summed E-state index contributed by atoms with van der Waals surface area (Å²) in [6.07, 6.45) is 0. The Bertz CT molecular complexity index is 838. The van der Waals surface area contributed by atoms with Gasteiger partial charge in [0.15, 0.2) is 0 Å². The van der Waals surface area contributed by atoms with Crippen molar-refractivity contribution in [3.8, 4) is 11.1 Å². The van der Waals surface area contributed by atoms with Crippen LogP contribution in [0.15, 0.2) is 78.9 Å². The van der Waals surface area contributed by atoms with E-state index in [0.29, 0.717) is 0 Å². The van der Waals surface area contributed by atoms with Crippen LogP contribution < -0.4 is 4.90 Å². The molecule has 0 radical (unpaired) electrons. The van der Waals surface area contributed by atoms with Crippen LogP contribution in [0.4, 0.5) is 10.1 Å². The van der Waals surface area contributed by atoms with Crippen molar-refractivity contribution in [3.63, 3.8) is 0 Å². The smallest absolute Gasteiger partial charge is 0.123 e. The van der Waals surface area contributed by atoms with Gasteiger partial charge < -0.3 is 4.90 Å². The number of nitrogens with zero attached hydrogens (tertiary/aromatic N) is 2. The summed E-state index contributed by atoms with van der Waals surface area (Å²) in [5.41, 5.74) is 4.99. The number of piperazine rings is 1. The van der Waals surface area contributed by atoms with Gasteiger partial charge in [0.05, 0.1) is 0 Å². The molecule has 0 spiro atoms. The maximum absolute atomic E-state index is 13.1. The summed E-state index contributed by atoms with van der Waals surface area (Å²) in [7, 11) is 0. The number of halogens is 1. The number of hydrogen-bond acceptors (Lipinski definition) is 2. The van der Waals surface area contributed by atoms with E-state index in [0.717, 1.165) is 38.4 Å². The molecular formula is C23H23FN2. The molecule has 26 heavy (non-hydrogen) atoms. The first kappa shape index (κ1) is 16.8. The van der Waals surface area contributed by atoms with E-state index in [2.05, 4.69) is 58.3 Å². The summed E-state index contributed by atoms with van der Waals surface area (Å²) >= 11 is 0. The fourth-order valence-corrected chi connectivity index (χ4v) is 3.55. The molecule has 0 unspecified atom stereocenters. The van der Waals surface area contributed by atoms with Crippen molar-refractivity contribution in [1.29, 1.82) is 0 Å². The lowest BCUT2D eigenvalue weighted by molar-refractivity contribution is 0.250. The number of rotatable bonds is 4. The van der Waals surface area contributed by atoms with Gasteiger partial charge >= 0.3 is 0 Å². The Hall–Kier alpha value is -2.65. The van der Waals surface area contributed by atoms with E-state index in [9.17, 15) is 4.39 Å². The van der Waals surface area contributed by atoms with Gasteiger partial charge in [-0.25, -0.2) is 4.39 Å². The van der Waals surface area contributed by atoms with Gasteiger partial charge in [0.2, 0.25) is 0 Å². The lowest BCUT2D eigenvalue weighted by Gasteiger charge is -2.36. The molecule has 1 fully saturated rings. The third-order valence-corrected chi connectivity index (χ3v) is 5.00. The fraction of sp³-hybridized carbons (Fsp3) is 0.217. The van der Waals surface area contributed by atoms with E-state index in [1.807, 2.05) is 18.2 Å². The fourth-order valence-electron chi connectivity index (χ4n) is 3.55. The third kappa shape index (κ3) is 3.94. The number of anilines is 1. The van der Waals surface area contributed by atoms with Gasteiger partial charge in [0.1, 0.15) is 5.82 Å². The van der Waals surface area contributed by atoms with Crippen molar-refractivity contribution < 1.29 is 4.39 Å². The molecule has 3 aromatic rings. The maximum atomic E-state index is 13.1. The second-order valence-electron chi connectivity index (χ2n) is 6.81. The Morgan fingerprint density at radius 2 is 1.38 bits per heavy atom. The standard InChI is InChI=1S/C23H23FN2/c24-22-9-11-23(12-10-22)26-15-13-25(14-16-26)18-19-5-4-8-21(17-19)20-6-2-1-3-7-20/h1-12,17H,13-16,18H2. The molecule has 1 heterocycles. The molecule has 2 nitrogen and oxygen atoms in total. The Labute approximate surface area is 154 Å². The zero-order valence-electron chi connectivity index (χ0n) is 14.8.